The Morgan fingerprint density at radius 1 is 1.10 bits per heavy atom. The summed E-state index contributed by atoms with van der Waals surface area (Å²) in [4.78, 5) is 26.2. The molecule has 0 radical (unpaired) electrons. The molecule has 6 nitrogen and oxygen atoms in total. The number of imide groups is 1. The molecule has 148 valence electrons. The molecular weight excluding hydrogens is 368 g/mol. The van der Waals surface area contributed by atoms with Crippen molar-refractivity contribution in [1.82, 2.24) is 10.2 Å². The SMILES string of the molecule is C#CCOc1ccc(/C=C2/NC(=O)N(Cc3ccc(C)cc3)C2=O)cc1OCC. The van der Waals surface area contributed by atoms with Gasteiger partial charge in [0.25, 0.3) is 5.91 Å². The van der Waals surface area contributed by atoms with Gasteiger partial charge in [0.05, 0.1) is 13.2 Å². The maximum Gasteiger partial charge on any atom is 0.329 e. The van der Waals surface area contributed by atoms with Crippen molar-refractivity contribution in [2.75, 3.05) is 13.2 Å². The van der Waals surface area contributed by atoms with Gasteiger partial charge in [-0.2, -0.15) is 0 Å². The van der Waals surface area contributed by atoms with Gasteiger partial charge in [-0.05, 0) is 43.2 Å². The third-order valence-corrected chi connectivity index (χ3v) is 4.31. The van der Waals surface area contributed by atoms with E-state index in [9.17, 15) is 9.59 Å². The van der Waals surface area contributed by atoms with Gasteiger partial charge in [0.2, 0.25) is 0 Å². The maximum absolute atomic E-state index is 12.7. The first-order valence-electron chi connectivity index (χ1n) is 9.25. The van der Waals surface area contributed by atoms with E-state index in [1.807, 2.05) is 38.1 Å². The van der Waals surface area contributed by atoms with Crippen molar-refractivity contribution >= 4 is 18.0 Å². The summed E-state index contributed by atoms with van der Waals surface area (Å²) in [6, 6.07) is 12.5. The lowest BCUT2D eigenvalue weighted by Gasteiger charge is -2.12. The van der Waals surface area contributed by atoms with E-state index in [1.54, 1.807) is 24.3 Å². The van der Waals surface area contributed by atoms with Crippen molar-refractivity contribution in [3.8, 4) is 23.8 Å². The van der Waals surface area contributed by atoms with E-state index < -0.39 is 6.03 Å². The summed E-state index contributed by atoms with van der Waals surface area (Å²) in [6.07, 6.45) is 6.85. The number of hydrogen-bond donors (Lipinski definition) is 1. The molecule has 1 heterocycles. The number of rotatable bonds is 7. The van der Waals surface area contributed by atoms with E-state index in [-0.39, 0.29) is 24.8 Å². The number of terminal acetylenes is 1. The second kappa shape index (κ2) is 8.98. The zero-order valence-electron chi connectivity index (χ0n) is 16.4. The lowest BCUT2D eigenvalue weighted by Crippen LogP contribution is -2.30. The molecule has 2 aromatic carbocycles. The van der Waals surface area contributed by atoms with Crippen molar-refractivity contribution in [3.05, 3.63) is 64.9 Å². The van der Waals surface area contributed by atoms with Gasteiger partial charge in [0.1, 0.15) is 12.3 Å². The number of urea groups is 1. The van der Waals surface area contributed by atoms with Gasteiger partial charge in [-0.1, -0.05) is 41.8 Å². The van der Waals surface area contributed by atoms with Gasteiger partial charge in [-0.3, -0.25) is 9.69 Å². The fourth-order valence-corrected chi connectivity index (χ4v) is 2.88. The van der Waals surface area contributed by atoms with Crippen LogP contribution in [0.5, 0.6) is 11.5 Å². The van der Waals surface area contributed by atoms with Crippen LogP contribution >= 0.6 is 0 Å². The molecule has 1 N–H and O–H groups in total. The number of carbonyl (C=O) groups excluding carboxylic acids is 2. The summed E-state index contributed by atoms with van der Waals surface area (Å²) in [5, 5.41) is 2.63. The highest BCUT2D eigenvalue weighted by Crippen LogP contribution is 2.29. The highest BCUT2D eigenvalue weighted by Gasteiger charge is 2.33. The van der Waals surface area contributed by atoms with Gasteiger partial charge in [-0.25, -0.2) is 4.79 Å². The Hall–Kier alpha value is -3.72. The van der Waals surface area contributed by atoms with E-state index in [0.717, 1.165) is 11.1 Å². The standard InChI is InChI=1S/C23H22N2O4/c1-4-12-29-20-11-10-18(14-21(20)28-5-2)13-19-22(26)25(23(27)24-19)15-17-8-6-16(3)7-9-17/h1,6-11,13-14H,5,12,15H2,2-3H3,(H,24,27)/b19-13+. The summed E-state index contributed by atoms with van der Waals surface area (Å²) in [5.74, 6) is 3.08. The molecule has 2 aromatic rings. The Morgan fingerprint density at radius 2 is 1.86 bits per heavy atom. The third-order valence-electron chi connectivity index (χ3n) is 4.31. The summed E-state index contributed by atoms with van der Waals surface area (Å²) < 4.78 is 11.1. The second-order valence-electron chi connectivity index (χ2n) is 6.50. The smallest absolute Gasteiger partial charge is 0.329 e. The molecule has 1 aliphatic rings. The van der Waals surface area contributed by atoms with Gasteiger partial charge in [0.15, 0.2) is 11.5 Å². The predicted molar refractivity (Wildman–Crippen MR) is 110 cm³/mol. The van der Waals surface area contributed by atoms with Crippen molar-refractivity contribution in [2.45, 2.75) is 20.4 Å². The number of nitrogens with one attached hydrogen (secondary N) is 1. The number of hydrogen-bond acceptors (Lipinski definition) is 4. The second-order valence-corrected chi connectivity index (χ2v) is 6.50. The molecule has 1 fully saturated rings. The first-order chi connectivity index (χ1) is 14.0. The van der Waals surface area contributed by atoms with Crippen LogP contribution in [-0.2, 0) is 11.3 Å². The first-order valence-corrected chi connectivity index (χ1v) is 9.25. The van der Waals surface area contributed by atoms with Crippen LogP contribution in [0.1, 0.15) is 23.6 Å². The van der Waals surface area contributed by atoms with Crippen molar-refractivity contribution < 1.29 is 19.1 Å². The van der Waals surface area contributed by atoms with Crippen molar-refractivity contribution in [1.29, 1.82) is 0 Å². The summed E-state index contributed by atoms with van der Waals surface area (Å²) in [7, 11) is 0. The van der Waals surface area contributed by atoms with E-state index in [2.05, 4.69) is 11.2 Å². The fraction of sp³-hybridized carbons (Fsp3) is 0.217. The molecule has 0 spiro atoms. The van der Waals surface area contributed by atoms with Crippen LogP contribution in [0.2, 0.25) is 0 Å². The number of ether oxygens (including phenoxy) is 2. The number of carbonyl (C=O) groups is 2. The van der Waals surface area contributed by atoms with E-state index in [4.69, 9.17) is 15.9 Å². The van der Waals surface area contributed by atoms with Crippen LogP contribution < -0.4 is 14.8 Å². The molecule has 1 aliphatic heterocycles. The van der Waals surface area contributed by atoms with E-state index in [1.165, 1.54) is 4.90 Å². The Kier molecular flexibility index (Phi) is 6.20. The average molecular weight is 390 g/mol. The zero-order valence-corrected chi connectivity index (χ0v) is 16.4. The van der Waals surface area contributed by atoms with Crippen LogP contribution in [0.4, 0.5) is 4.79 Å². The van der Waals surface area contributed by atoms with Crippen LogP contribution in [0, 0.1) is 19.3 Å². The Balaban J connectivity index is 1.80. The monoisotopic (exact) mass is 390 g/mol. The average Bonchev–Trinajstić information content (AvgIpc) is 2.96. The highest BCUT2D eigenvalue weighted by atomic mass is 16.5. The molecule has 0 aromatic heterocycles. The van der Waals surface area contributed by atoms with E-state index >= 15 is 0 Å². The molecule has 0 unspecified atom stereocenters. The van der Waals surface area contributed by atoms with Crippen LogP contribution in [0.3, 0.4) is 0 Å². The van der Waals surface area contributed by atoms with Crippen LogP contribution in [0.25, 0.3) is 6.08 Å². The third kappa shape index (κ3) is 4.77. The fourth-order valence-electron chi connectivity index (χ4n) is 2.88. The van der Waals surface area contributed by atoms with Crippen LogP contribution in [0.15, 0.2) is 48.2 Å². The largest absolute Gasteiger partial charge is 0.490 e. The minimum atomic E-state index is -0.444. The molecule has 3 rings (SSSR count). The minimum absolute atomic E-state index is 0.128. The van der Waals surface area contributed by atoms with Crippen LogP contribution in [-0.4, -0.2) is 30.1 Å². The number of benzene rings is 2. The zero-order chi connectivity index (χ0) is 20.8. The number of nitrogens with zero attached hydrogens (tertiary/aromatic N) is 1. The summed E-state index contributed by atoms with van der Waals surface area (Å²) >= 11 is 0. The Bertz CT molecular complexity index is 987. The molecular formula is C23H22N2O4. The topological polar surface area (TPSA) is 67.9 Å². The maximum atomic E-state index is 12.7. The number of amides is 3. The van der Waals surface area contributed by atoms with Crippen molar-refractivity contribution in [3.63, 3.8) is 0 Å². The number of aryl methyl sites for hydroxylation is 1. The Morgan fingerprint density at radius 3 is 2.55 bits per heavy atom. The molecule has 29 heavy (non-hydrogen) atoms. The minimum Gasteiger partial charge on any atom is -0.490 e. The van der Waals surface area contributed by atoms with E-state index in [0.29, 0.717) is 23.7 Å². The summed E-state index contributed by atoms with van der Waals surface area (Å²) in [6.45, 7) is 4.64. The molecule has 0 atom stereocenters. The lowest BCUT2D eigenvalue weighted by atomic mass is 10.1. The van der Waals surface area contributed by atoms with Gasteiger partial charge >= 0.3 is 6.03 Å². The first kappa shape index (κ1) is 20.0. The molecule has 6 heteroatoms. The molecule has 0 aliphatic carbocycles. The van der Waals surface area contributed by atoms with Gasteiger partial charge in [0, 0.05) is 0 Å². The lowest BCUT2D eigenvalue weighted by molar-refractivity contribution is -0.123. The molecule has 3 amide bonds. The molecule has 0 saturated carbocycles. The molecule has 0 bridgehead atoms. The van der Waals surface area contributed by atoms with Crippen molar-refractivity contribution in [2.24, 2.45) is 0 Å². The summed E-state index contributed by atoms with van der Waals surface area (Å²) in [5.41, 5.74) is 2.91. The Labute approximate surface area is 170 Å². The molecule has 1 saturated heterocycles. The normalized spacial score (nSPS) is 14.7. The van der Waals surface area contributed by atoms with Gasteiger partial charge < -0.3 is 14.8 Å². The highest BCUT2D eigenvalue weighted by molar-refractivity contribution is 6.13. The van der Waals surface area contributed by atoms with Gasteiger partial charge in [-0.15, -0.1) is 6.42 Å². The quantitative estimate of drug-likeness (QED) is 0.446. The predicted octanol–water partition coefficient (Wildman–Crippen LogP) is 3.50.